The first-order valence-electron chi connectivity index (χ1n) is 4.46. The number of hydrogen-bond acceptors (Lipinski definition) is 4. The van der Waals surface area contributed by atoms with Crippen LogP contribution in [0.1, 0.15) is 19.4 Å². The number of rotatable bonds is 2. The topological polar surface area (TPSA) is 68.0 Å². The van der Waals surface area contributed by atoms with Crippen LogP contribution in [0, 0.1) is 0 Å². The van der Waals surface area contributed by atoms with Gasteiger partial charge in [-0.3, -0.25) is 9.78 Å². The first kappa shape index (κ1) is 11.7. The molecule has 0 saturated carbocycles. The number of hydrogen-bond donors (Lipinski definition) is 2. The predicted octanol–water partition coefficient (Wildman–Crippen LogP) is 0.611. The number of amides is 1. The molecule has 3 N–H and O–H groups in total. The molecular formula is C10H13N3OS. The highest BCUT2D eigenvalue weighted by Crippen LogP contribution is 2.00. The molecule has 0 spiro atoms. The standard InChI is InChI=1S/C10H13N3OS/c1-10(2,11)9(14)13-8(15)7-4-3-5-12-6-7/h3-6H,11H2,1-2H3,(H,13,14,15). The van der Waals surface area contributed by atoms with Crippen molar-refractivity contribution in [3.63, 3.8) is 0 Å². The molecule has 0 bridgehead atoms. The maximum absolute atomic E-state index is 11.5. The van der Waals surface area contributed by atoms with E-state index in [9.17, 15) is 4.79 Å². The van der Waals surface area contributed by atoms with Crippen molar-refractivity contribution >= 4 is 23.1 Å². The van der Waals surface area contributed by atoms with E-state index in [1.54, 1.807) is 38.4 Å². The van der Waals surface area contributed by atoms with E-state index in [2.05, 4.69) is 10.3 Å². The smallest absolute Gasteiger partial charge is 0.244 e. The van der Waals surface area contributed by atoms with Crippen molar-refractivity contribution in [1.29, 1.82) is 0 Å². The van der Waals surface area contributed by atoms with Gasteiger partial charge in [0.25, 0.3) is 0 Å². The summed E-state index contributed by atoms with van der Waals surface area (Å²) < 4.78 is 0. The zero-order valence-corrected chi connectivity index (χ0v) is 9.47. The molecule has 1 aromatic rings. The molecule has 0 aromatic carbocycles. The molecule has 0 aliphatic carbocycles. The summed E-state index contributed by atoms with van der Waals surface area (Å²) in [5, 5.41) is 2.56. The van der Waals surface area contributed by atoms with E-state index in [0.29, 0.717) is 10.6 Å². The Balaban J connectivity index is 2.70. The van der Waals surface area contributed by atoms with Gasteiger partial charge in [-0.05, 0) is 26.0 Å². The molecule has 1 amide bonds. The maximum atomic E-state index is 11.5. The van der Waals surface area contributed by atoms with E-state index >= 15 is 0 Å². The number of nitrogens with two attached hydrogens (primary N) is 1. The van der Waals surface area contributed by atoms with Gasteiger partial charge in [-0.15, -0.1) is 0 Å². The van der Waals surface area contributed by atoms with Crippen LogP contribution in [0.4, 0.5) is 0 Å². The largest absolute Gasteiger partial charge is 0.318 e. The number of thiocarbonyl (C=S) groups is 1. The van der Waals surface area contributed by atoms with Gasteiger partial charge in [0, 0.05) is 18.0 Å². The summed E-state index contributed by atoms with van der Waals surface area (Å²) >= 11 is 5.04. The molecule has 1 heterocycles. The van der Waals surface area contributed by atoms with E-state index in [0.717, 1.165) is 0 Å². The fourth-order valence-corrected chi connectivity index (χ4v) is 1.05. The summed E-state index contributed by atoms with van der Waals surface area (Å²) in [7, 11) is 0. The fraction of sp³-hybridized carbons (Fsp3) is 0.300. The van der Waals surface area contributed by atoms with Crippen LogP contribution in [0.15, 0.2) is 24.5 Å². The second-order valence-electron chi connectivity index (χ2n) is 3.75. The first-order valence-corrected chi connectivity index (χ1v) is 4.87. The van der Waals surface area contributed by atoms with Crippen LogP contribution in [-0.2, 0) is 4.79 Å². The van der Waals surface area contributed by atoms with E-state index in [-0.39, 0.29) is 5.91 Å². The van der Waals surface area contributed by atoms with E-state index in [4.69, 9.17) is 18.0 Å². The minimum Gasteiger partial charge on any atom is -0.318 e. The average molecular weight is 223 g/mol. The Kier molecular flexibility index (Phi) is 3.49. The van der Waals surface area contributed by atoms with Gasteiger partial charge in [0.15, 0.2) is 0 Å². The molecule has 0 aliphatic heterocycles. The second kappa shape index (κ2) is 4.46. The molecule has 0 aliphatic rings. The molecular weight excluding hydrogens is 210 g/mol. The average Bonchev–Trinajstić information content (AvgIpc) is 2.17. The van der Waals surface area contributed by atoms with Gasteiger partial charge >= 0.3 is 0 Å². The van der Waals surface area contributed by atoms with Gasteiger partial charge in [-0.1, -0.05) is 12.2 Å². The van der Waals surface area contributed by atoms with Crippen molar-refractivity contribution < 1.29 is 4.79 Å². The monoisotopic (exact) mass is 223 g/mol. The third-order valence-electron chi connectivity index (χ3n) is 1.74. The normalized spacial score (nSPS) is 10.9. The van der Waals surface area contributed by atoms with Gasteiger partial charge in [0.1, 0.15) is 4.99 Å². The summed E-state index contributed by atoms with van der Waals surface area (Å²) in [6, 6.07) is 3.53. The Hall–Kier alpha value is -1.33. The molecule has 0 saturated heterocycles. The van der Waals surface area contributed by atoms with E-state index in [1.165, 1.54) is 0 Å². The van der Waals surface area contributed by atoms with Crippen LogP contribution in [0.25, 0.3) is 0 Å². The minimum absolute atomic E-state index is 0.309. The highest BCUT2D eigenvalue weighted by molar-refractivity contribution is 7.80. The van der Waals surface area contributed by atoms with Crippen LogP contribution in [0.3, 0.4) is 0 Å². The molecule has 0 radical (unpaired) electrons. The van der Waals surface area contributed by atoms with Crippen molar-refractivity contribution in [3.05, 3.63) is 30.1 Å². The number of nitrogens with zero attached hydrogens (tertiary/aromatic N) is 1. The lowest BCUT2D eigenvalue weighted by atomic mass is 10.1. The third-order valence-corrected chi connectivity index (χ3v) is 2.07. The van der Waals surface area contributed by atoms with E-state index < -0.39 is 5.54 Å². The molecule has 1 rings (SSSR count). The molecule has 15 heavy (non-hydrogen) atoms. The second-order valence-corrected chi connectivity index (χ2v) is 4.15. The number of pyridine rings is 1. The van der Waals surface area contributed by atoms with Gasteiger partial charge in [0.05, 0.1) is 5.54 Å². The highest BCUT2D eigenvalue weighted by atomic mass is 32.1. The van der Waals surface area contributed by atoms with Crippen LogP contribution in [0.2, 0.25) is 0 Å². The maximum Gasteiger partial charge on any atom is 0.244 e. The Morgan fingerprint density at radius 1 is 1.60 bits per heavy atom. The highest BCUT2D eigenvalue weighted by Gasteiger charge is 2.22. The lowest BCUT2D eigenvalue weighted by Gasteiger charge is -2.17. The molecule has 0 fully saturated rings. The van der Waals surface area contributed by atoms with Crippen LogP contribution >= 0.6 is 12.2 Å². The third kappa shape index (κ3) is 3.38. The van der Waals surface area contributed by atoms with Crippen molar-refractivity contribution in [3.8, 4) is 0 Å². The van der Waals surface area contributed by atoms with Crippen LogP contribution < -0.4 is 11.1 Å². The number of aromatic nitrogens is 1. The zero-order valence-electron chi connectivity index (χ0n) is 8.65. The molecule has 4 nitrogen and oxygen atoms in total. The van der Waals surface area contributed by atoms with Gasteiger partial charge in [-0.2, -0.15) is 0 Å². The first-order chi connectivity index (χ1) is 6.91. The summed E-state index contributed by atoms with van der Waals surface area (Å²) in [6.07, 6.45) is 3.23. The predicted molar refractivity (Wildman–Crippen MR) is 62.3 cm³/mol. The Morgan fingerprint density at radius 2 is 2.27 bits per heavy atom. The number of carbonyl (C=O) groups is 1. The van der Waals surface area contributed by atoms with Crippen molar-refractivity contribution in [2.45, 2.75) is 19.4 Å². The van der Waals surface area contributed by atoms with Gasteiger partial charge in [0.2, 0.25) is 5.91 Å². The molecule has 80 valence electrons. The van der Waals surface area contributed by atoms with Crippen molar-refractivity contribution in [2.75, 3.05) is 0 Å². The van der Waals surface area contributed by atoms with Crippen LogP contribution in [0.5, 0.6) is 0 Å². The van der Waals surface area contributed by atoms with Gasteiger partial charge in [-0.25, -0.2) is 0 Å². The minimum atomic E-state index is -0.938. The summed E-state index contributed by atoms with van der Waals surface area (Å²) in [5.74, 6) is -0.309. The number of nitrogens with one attached hydrogen (secondary N) is 1. The lowest BCUT2D eigenvalue weighted by Crippen LogP contribution is -2.50. The zero-order chi connectivity index (χ0) is 11.5. The summed E-state index contributed by atoms with van der Waals surface area (Å²) in [5.41, 5.74) is 5.38. The quantitative estimate of drug-likeness (QED) is 0.721. The Labute approximate surface area is 93.9 Å². The lowest BCUT2D eigenvalue weighted by molar-refractivity contribution is -0.123. The molecule has 1 aromatic heterocycles. The van der Waals surface area contributed by atoms with E-state index in [1.807, 2.05) is 0 Å². The fourth-order valence-electron chi connectivity index (χ4n) is 0.833. The Bertz CT molecular complexity index is 370. The van der Waals surface area contributed by atoms with Crippen LogP contribution in [-0.4, -0.2) is 21.4 Å². The molecule has 5 heteroatoms. The SMILES string of the molecule is CC(C)(N)C(=O)NC(=S)c1cccnc1. The summed E-state index contributed by atoms with van der Waals surface area (Å²) in [6.45, 7) is 3.24. The Morgan fingerprint density at radius 3 is 2.73 bits per heavy atom. The molecule has 0 unspecified atom stereocenters. The number of carbonyl (C=O) groups excluding carboxylic acids is 1. The van der Waals surface area contributed by atoms with Gasteiger partial charge < -0.3 is 11.1 Å². The van der Waals surface area contributed by atoms with Crippen molar-refractivity contribution in [1.82, 2.24) is 10.3 Å². The van der Waals surface area contributed by atoms with Crippen molar-refractivity contribution in [2.24, 2.45) is 5.73 Å². The summed E-state index contributed by atoms with van der Waals surface area (Å²) in [4.78, 5) is 15.7. The molecule has 0 atom stereocenters.